The van der Waals surface area contributed by atoms with E-state index in [1.807, 2.05) is 7.05 Å². The number of hydroxylamine groups is 1. The molecule has 0 aliphatic carbocycles. The summed E-state index contributed by atoms with van der Waals surface area (Å²) in [5, 5.41) is 9.62. The number of nitrogens with one attached hydrogen (secondary N) is 1. The van der Waals surface area contributed by atoms with E-state index in [9.17, 15) is 32.0 Å². The van der Waals surface area contributed by atoms with Gasteiger partial charge < -0.3 is 19.4 Å². The Balaban J connectivity index is 1.56. The molecule has 3 amide bonds. The molecule has 2 aromatic rings. The van der Waals surface area contributed by atoms with Gasteiger partial charge in [0.2, 0.25) is 10.0 Å². The summed E-state index contributed by atoms with van der Waals surface area (Å²) in [6.07, 6.45) is 0. The number of hydrogen-bond acceptors (Lipinski definition) is 7. The second-order valence-corrected chi connectivity index (χ2v) is 11.2. The summed E-state index contributed by atoms with van der Waals surface area (Å²) in [5.41, 5.74) is 1.42. The second kappa shape index (κ2) is 11.4. The number of piperazine rings is 2. The molecule has 0 bridgehead atoms. The van der Waals surface area contributed by atoms with Crippen LogP contribution in [0.2, 0.25) is 5.02 Å². The standard InChI is InChI=1S/C23H26ClF2N5O6S/c1-28-6-8-29(9-7-28)23(33)30-10-11-31(20(14-30)22(32)27-34)38(35,36)17-12-18(25)21(19(26)13-17)37-16-4-2-15(24)3-5-16/h2-5,12-13,20,34H,6-11,14H2,1H3,(H,27,32)/t20-/m1/s1. The summed E-state index contributed by atoms with van der Waals surface area (Å²) in [6.45, 7) is 1.49. The lowest BCUT2D eigenvalue weighted by atomic mass is 10.2. The van der Waals surface area contributed by atoms with E-state index in [1.54, 1.807) is 4.90 Å². The number of carbonyl (C=O) groups excluding carboxylic acids is 2. The largest absolute Gasteiger partial charge is 0.451 e. The number of carbonyl (C=O) groups is 2. The summed E-state index contributed by atoms with van der Waals surface area (Å²) >= 11 is 5.79. The van der Waals surface area contributed by atoms with Crippen LogP contribution in [-0.4, -0.2) is 103 Å². The Kier molecular flexibility index (Phi) is 8.37. The van der Waals surface area contributed by atoms with E-state index in [2.05, 4.69) is 4.90 Å². The molecule has 0 aromatic heterocycles. The summed E-state index contributed by atoms with van der Waals surface area (Å²) < 4.78 is 62.4. The van der Waals surface area contributed by atoms with Gasteiger partial charge in [0.15, 0.2) is 17.4 Å². The van der Waals surface area contributed by atoms with Crippen LogP contribution >= 0.6 is 11.6 Å². The highest BCUT2D eigenvalue weighted by Gasteiger charge is 2.42. The van der Waals surface area contributed by atoms with Gasteiger partial charge in [0, 0.05) is 50.8 Å². The average molecular weight is 574 g/mol. The third kappa shape index (κ3) is 5.83. The van der Waals surface area contributed by atoms with Crippen molar-refractivity contribution < 1.29 is 36.7 Å². The van der Waals surface area contributed by atoms with Crippen molar-refractivity contribution in [2.75, 3.05) is 52.9 Å². The zero-order valence-electron chi connectivity index (χ0n) is 20.3. The van der Waals surface area contributed by atoms with Crippen molar-refractivity contribution in [2.24, 2.45) is 0 Å². The van der Waals surface area contributed by atoms with Crippen LogP contribution in [0.25, 0.3) is 0 Å². The predicted octanol–water partition coefficient (Wildman–Crippen LogP) is 1.96. The molecule has 11 nitrogen and oxygen atoms in total. The molecule has 0 saturated carbocycles. The molecule has 15 heteroatoms. The summed E-state index contributed by atoms with van der Waals surface area (Å²) in [6, 6.07) is 4.93. The number of benzene rings is 2. The van der Waals surface area contributed by atoms with Gasteiger partial charge in [0.1, 0.15) is 11.8 Å². The van der Waals surface area contributed by atoms with E-state index in [0.717, 1.165) is 0 Å². The topological polar surface area (TPSA) is 123 Å². The first-order chi connectivity index (χ1) is 18.0. The number of hydrogen-bond donors (Lipinski definition) is 2. The fourth-order valence-electron chi connectivity index (χ4n) is 4.25. The maximum Gasteiger partial charge on any atom is 0.320 e. The van der Waals surface area contributed by atoms with E-state index in [-0.39, 0.29) is 31.4 Å². The summed E-state index contributed by atoms with van der Waals surface area (Å²) in [5.74, 6) is -4.41. The van der Waals surface area contributed by atoms with E-state index in [0.29, 0.717) is 47.6 Å². The number of amides is 3. The SMILES string of the molecule is CN1CCN(C(=O)N2CCN(S(=O)(=O)c3cc(F)c(Oc4ccc(Cl)cc4)c(F)c3)[C@@H](C(=O)NO)C2)CC1. The minimum absolute atomic E-state index is 0.0671. The molecule has 1 atom stereocenters. The maximum atomic E-state index is 14.8. The Morgan fingerprint density at radius 3 is 2.16 bits per heavy atom. The summed E-state index contributed by atoms with van der Waals surface area (Å²) in [7, 11) is -2.71. The van der Waals surface area contributed by atoms with E-state index < -0.39 is 44.3 Å². The fraction of sp³-hybridized carbons (Fsp3) is 0.391. The van der Waals surface area contributed by atoms with Gasteiger partial charge in [-0.05, 0) is 43.4 Å². The van der Waals surface area contributed by atoms with E-state index >= 15 is 0 Å². The number of halogens is 3. The molecular formula is C23H26ClF2N5O6S. The van der Waals surface area contributed by atoms with Crippen LogP contribution in [0.5, 0.6) is 11.5 Å². The highest BCUT2D eigenvalue weighted by Crippen LogP contribution is 2.32. The molecule has 2 heterocycles. The number of rotatable bonds is 5. The first-order valence-corrected chi connectivity index (χ1v) is 13.4. The molecule has 2 N–H and O–H groups in total. The molecular weight excluding hydrogens is 548 g/mol. The number of ether oxygens (including phenoxy) is 1. The minimum Gasteiger partial charge on any atom is -0.451 e. The van der Waals surface area contributed by atoms with Crippen LogP contribution in [0.15, 0.2) is 41.3 Å². The highest BCUT2D eigenvalue weighted by atomic mass is 35.5. The van der Waals surface area contributed by atoms with Gasteiger partial charge in [-0.15, -0.1) is 0 Å². The third-order valence-corrected chi connectivity index (χ3v) is 8.54. The first kappa shape index (κ1) is 28.0. The lowest BCUT2D eigenvalue weighted by molar-refractivity contribution is -0.134. The smallest absolute Gasteiger partial charge is 0.320 e. The Morgan fingerprint density at radius 1 is 1.00 bits per heavy atom. The van der Waals surface area contributed by atoms with Gasteiger partial charge >= 0.3 is 6.03 Å². The van der Waals surface area contributed by atoms with Crippen molar-refractivity contribution in [3.05, 3.63) is 53.1 Å². The van der Waals surface area contributed by atoms with Crippen molar-refractivity contribution in [3.8, 4) is 11.5 Å². The van der Waals surface area contributed by atoms with Crippen molar-refractivity contribution in [2.45, 2.75) is 10.9 Å². The fourth-order valence-corrected chi connectivity index (χ4v) is 5.97. The zero-order chi connectivity index (χ0) is 27.6. The Morgan fingerprint density at radius 2 is 1.58 bits per heavy atom. The van der Waals surface area contributed by atoms with Crippen LogP contribution in [0.1, 0.15) is 0 Å². The lowest BCUT2D eigenvalue weighted by Crippen LogP contribution is -2.63. The van der Waals surface area contributed by atoms with Crippen molar-refractivity contribution in [1.29, 1.82) is 0 Å². The molecule has 0 unspecified atom stereocenters. The zero-order valence-corrected chi connectivity index (χ0v) is 21.9. The monoisotopic (exact) mass is 573 g/mol. The average Bonchev–Trinajstić information content (AvgIpc) is 2.90. The highest BCUT2D eigenvalue weighted by molar-refractivity contribution is 7.89. The van der Waals surface area contributed by atoms with Crippen LogP contribution in [0.4, 0.5) is 13.6 Å². The molecule has 206 valence electrons. The molecule has 2 saturated heterocycles. The number of nitrogens with zero attached hydrogens (tertiary/aromatic N) is 4. The molecule has 2 aromatic carbocycles. The van der Waals surface area contributed by atoms with Gasteiger partial charge in [-0.3, -0.25) is 10.0 Å². The molecule has 38 heavy (non-hydrogen) atoms. The summed E-state index contributed by atoms with van der Waals surface area (Å²) in [4.78, 5) is 29.7. The Labute approximate surface area is 223 Å². The van der Waals surface area contributed by atoms with Crippen LogP contribution in [-0.2, 0) is 14.8 Å². The number of urea groups is 1. The quantitative estimate of drug-likeness (QED) is 0.414. The third-order valence-electron chi connectivity index (χ3n) is 6.40. The lowest BCUT2D eigenvalue weighted by Gasteiger charge is -2.42. The van der Waals surface area contributed by atoms with Crippen LogP contribution in [0.3, 0.4) is 0 Å². The van der Waals surface area contributed by atoms with Crippen molar-refractivity contribution in [3.63, 3.8) is 0 Å². The molecule has 2 aliphatic heterocycles. The van der Waals surface area contributed by atoms with Gasteiger partial charge in [0.25, 0.3) is 5.91 Å². The molecule has 2 aliphatic rings. The molecule has 0 radical (unpaired) electrons. The van der Waals surface area contributed by atoms with Crippen LogP contribution in [0, 0.1) is 11.6 Å². The molecule has 2 fully saturated rings. The minimum atomic E-state index is -4.64. The molecule has 4 rings (SSSR count). The van der Waals surface area contributed by atoms with Gasteiger partial charge in [-0.2, -0.15) is 4.31 Å². The second-order valence-electron chi connectivity index (χ2n) is 8.90. The van der Waals surface area contributed by atoms with Crippen molar-refractivity contribution in [1.82, 2.24) is 24.5 Å². The Bertz CT molecular complexity index is 1280. The number of likely N-dealkylation sites (N-methyl/N-ethyl adjacent to an activating group) is 1. The van der Waals surface area contributed by atoms with Crippen LogP contribution < -0.4 is 10.2 Å². The molecule has 0 spiro atoms. The van der Waals surface area contributed by atoms with Crippen molar-refractivity contribution >= 4 is 33.6 Å². The van der Waals surface area contributed by atoms with E-state index in [4.69, 9.17) is 16.3 Å². The van der Waals surface area contributed by atoms with Gasteiger partial charge in [0.05, 0.1) is 4.90 Å². The van der Waals surface area contributed by atoms with Gasteiger partial charge in [-0.1, -0.05) is 11.6 Å². The predicted molar refractivity (Wildman–Crippen MR) is 132 cm³/mol. The maximum absolute atomic E-state index is 14.8. The van der Waals surface area contributed by atoms with Gasteiger partial charge in [-0.25, -0.2) is 27.5 Å². The Hall–Kier alpha value is -3.04. The van der Waals surface area contributed by atoms with E-state index in [1.165, 1.54) is 34.6 Å². The normalized spacial score (nSPS) is 19.3. The number of sulfonamides is 1. The first-order valence-electron chi connectivity index (χ1n) is 11.6.